The number of hydrogen-bond acceptors (Lipinski definition) is 7. The molecule has 3 amide bonds. The van der Waals surface area contributed by atoms with E-state index in [2.05, 4.69) is 20.9 Å². The van der Waals surface area contributed by atoms with Crippen molar-refractivity contribution in [2.24, 2.45) is 28.1 Å². The lowest BCUT2D eigenvalue weighted by atomic mass is 10.1. The summed E-state index contributed by atoms with van der Waals surface area (Å²) in [7, 11) is 0. The second-order valence-electron chi connectivity index (χ2n) is 7.35. The van der Waals surface area contributed by atoms with Crippen molar-refractivity contribution in [3.63, 3.8) is 0 Å². The molecule has 0 aliphatic rings. The molecule has 0 aliphatic heterocycles. The highest BCUT2D eigenvalue weighted by Gasteiger charge is 2.22. The first kappa shape index (κ1) is 26.3. The predicted molar refractivity (Wildman–Crippen MR) is 119 cm³/mol. The average Bonchev–Trinajstić information content (AvgIpc) is 2.73. The smallest absolute Gasteiger partial charge is 0.269 e. The minimum Gasteiger partial charge on any atom is -0.370 e. The first-order valence-corrected chi connectivity index (χ1v) is 9.94. The van der Waals surface area contributed by atoms with Gasteiger partial charge in [-0.1, -0.05) is 13.8 Å². The van der Waals surface area contributed by atoms with Crippen molar-refractivity contribution < 1.29 is 19.3 Å². The van der Waals surface area contributed by atoms with Gasteiger partial charge in [0.05, 0.1) is 17.5 Å². The van der Waals surface area contributed by atoms with E-state index in [-0.39, 0.29) is 37.1 Å². The maximum atomic E-state index is 12.7. The molecule has 0 aliphatic carbocycles. The fourth-order valence-corrected chi connectivity index (χ4v) is 2.50. The molecule has 0 saturated heterocycles. The molecule has 13 heteroatoms. The third kappa shape index (κ3) is 9.38. The molecule has 0 radical (unpaired) electrons. The van der Waals surface area contributed by atoms with Crippen LogP contribution in [0.25, 0.3) is 0 Å². The summed E-state index contributed by atoms with van der Waals surface area (Å²) in [5.74, 6) is -1.80. The van der Waals surface area contributed by atoms with Crippen LogP contribution in [0.15, 0.2) is 29.3 Å². The molecule has 0 fully saturated rings. The molecule has 32 heavy (non-hydrogen) atoms. The van der Waals surface area contributed by atoms with Crippen LogP contribution in [0.1, 0.15) is 26.7 Å². The Morgan fingerprint density at radius 1 is 1.12 bits per heavy atom. The van der Waals surface area contributed by atoms with Gasteiger partial charge in [0.1, 0.15) is 6.04 Å². The average molecular weight is 451 g/mol. The van der Waals surface area contributed by atoms with Gasteiger partial charge in [0.15, 0.2) is 5.96 Å². The number of carbonyl (C=O) groups excluding carboxylic acids is 3. The topological polar surface area (TPSA) is 221 Å². The van der Waals surface area contributed by atoms with Gasteiger partial charge in [-0.2, -0.15) is 0 Å². The maximum absolute atomic E-state index is 12.7. The van der Waals surface area contributed by atoms with E-state index in [1.165, 1.54) is 24.3 Å². The van der Waals surface area contributed by atoms with Gasteiger partial charge in [-0.25, -0.2) is 0 Å². The third-order valence-corrected chi connectivity index (χ3v) is 4.39. The van der Waals surface area contributed by atoms with Gasteiger partial charge in [0, 0.05) is 24.4 Å². The van der Waals surface area contributed by atoms with Crippen molar-refractivity contribution >= 4 is 35.1 Å². The van der Waals surface area contributed by atoms with Gasteiger partial charge in [-0.3, -0.25) is 29.5 Å². The highest BCUT2D eigenvalue weighted by atomic mass is 16.6. The summed E-state index contributed by atoms with van der Waals surface area (Å²) >= 11 is 0. The van der Waals surface area contributed by atoms with Crippen LogP contribution in [0.2, 0.25) is 0 Å². The number of aliphatic imine (C=N–C) groups is 1. The highest BCUT2D eigenvalue weighted by molar-refractivity contribution is 5.98. The van der Waals surface area contributed by atoms with Crippen LogP contribution in [0.3, 0.4) is 0 Å². The zero-order valence-corrected chi connectivity index (χ0v) is 18.0. The molecule has 13 nitrogen and oxygen atoms in total. The molecule has 2 atom stereocenters. The van der Waals surface area contributed by atoms with Gasteiger partial charge in [0.25, 0.3) is 5.69 Å². The number of nitrogens with one attached hydrogen (secondary N) is 3. The van der Waals surface area contributed by atoms with Crippen LogP contribution in [0.5, 0.6) is 0 Å². The van der Waals surface area contributed by atoms with E-state index in [0.717, 1.165) is 0 Å². The fraction of sp³-hybridized carbons (Fsp3) is 0.474. The summed E-state index contributed by atoms with van der Waals surface area (Å²) in [6, 6.07) is 3.53. The second-order valence-corrected chi connectivity index (χ2v) is 7.35. The summed E-state index contributed by atoms with van der Waals surface area (Å²) in [5, 5.41) is 18.3. The highest BCUT2D eigenvalue weighted by Crippen LogP contribution is 2.16. The number of carbonyl (C=O) groups is 3. The molecule has 0 unspecified atom stereocenters. The number of amides is 3. The minimum absolute atomic E-state index is 0.0925. The summed E-state index contributed by atoms with van der Waals surface area (Å²) in [4.78, 5) is 50.9. The first-order chi connectivity index (χ1) is 15.0. The molecule has 0 bridgehead atoms. The van der Waals surface area contributed by atoms with Crippen molar-refractivity contribution in [1.29, 1.82) is 0 Å². The monoisotopic (exact) mass is 450 g/mol. The molecular formula is C19H30N8O5. The van der Waals surface area contributed by atoms with Crippen molar-refractivity contribution in [2.75, 3.05) is 18.4 Å². The number of hydrogen-bond donors (Lipinski definition) is 6. The van der Waals surface area contributed by atoms with E-state index < -0.39 is 34.7 Å². The van der Waals surface area contributed by atoms with Crippen molar-refractivity contribution in [3.05, 3.63) is 34.4 Å². The quantitative estimate of drug-likeness (QED) is 0.0773. The van der Waals surface area contributed by atoms with Crippen LogP contribution in [-0.2, 0) is 14.4 Å². The number of rotatable bonds is 12. The van der Waals surface area contributed by atoms with Crippen LogP contribution in [0.4, 0.5) is 11.4 Å². The van der Waals surface area contributed by atoms with E-state index in [1.54, 1.807) is 13.8 Å². The predicted octanol–water partition coefficient (Wildman–Crippen LogP) is -0.829. The zero-order chi connectivity index (χ0) is 24.3. The Kier molecular flexibility index (Phi) is 10.6. The van der Waals surface area contributed by atoms with Gasteiger partial charge in [0.2, 0.25) is 17.7 Å². The van der Waals surface area contributed by atoms with Crippen LogP contribution in [0, 0.1) is 16.0 Å². The van der Waals surface area contributed by atoms with Crippen LogP contribution >= 0.6 is 0 Å². The molecule has 0 spiro atoms. The lowest BCUT2D eigenvalue weighted by Gasteiger charge is -2.19. The lowest BCUT2D eigenvalue weighted by molar-refractivity contribution is -0.384. The molecule has 0 saturated carbocycles. The number of anilines is 1. The molecule has 176 valence electrons. The molecule has 9 N–H and O–H groups in total. The fourth-order valence-electron chi connectivity index (χ4n) is 2.50. The van der Waals surface area contributed by atoms with E-state index in [1.807, 2.05) is 0 Å². The number of nitrogens with two attached hydrogens (primary N) is 3. The number of non-ortho nitro benzene ring substituents is 1. The Balaban J connectivity index is 2.76. The first-order valence-electron chi connectivity index (χ1n) is 9.94. The number of benzene rings is 1. The summed E-state index contributed by atoms with van der Waals surface area (Å²) in [5.41, 5.74) is 16.5. The largest absolute Gasteiger partial charge is 0.370 e. The molecule has 1 aromatic rings. The number of nitro groups is 1. The Morgan fingerprint density at radius 2 is 1.75 bits per heavy atom. The zero-order valence-electron chi connectivity index (χ0n) is 18.0. The third-order valence-electron chi connectivity index (χ3n) is 4.39. The van der Waals surface area contributed by atoms with E-state index in [0.29, 0.717) is 12.1 Å². The second kappa shape index (κ2) is 12.8. The van der Waals surface area contributed by atoms with Gasteiger partial charge in [-0.05, 0) is 30.9 Å². The van der Waals surface area contributed by atoms with Gasteiger partial charge < -0.3 is 33.2 Å². The van der Waals surface area contributed by atoms with Crippen LogP contribution in [-0.4, -0.2) is 53.8 Å². The normalized spacial score (nSPS) is 12.4. The van der Waals surface area contributed by atoms with Crippen molar-refractivity contribution in [2.45, 2.75) is 38.8 Å². The summed E-state index contributed by atoms with van der Waals surface area (Å²) in [6.07, 6.45) is 0.599. The lowest BCUT2D eigenvalue weighted by Crippen LogP contribution is -2.50. The van der Waals surface area contributed by atoms with E-state index in [4.69, 9.17) is 17.2 Å². The molecule has 0 heterocycles. The standard InChI is InChI=1S/C19H30N8O5/c1-11(2)16(20)18(30)24-10-15(28)26-14(4-3-9-23-19(21)22)17(29)25-12-5-7-13(8-6-12)27(31)32/h5-8,11,14,16H,3-4,9-10,20H2,1-2H3,(H,24,30)(H,25,29)(H,26,28)(H4,21,22,23)/t14-,16+/m0/s1. The Hall–Kier alpha value is -3.74. The summed E-state index contributed by atoms with van der Waals surface area (Å²) < 4.78 is 0. The van der Waals surface area contributed by atoms with Crippen molar-refractivity contribution in [3.8, 4) is 0 Å². The van der Waals surface area contributed by atoms with E-state index >= 15 is 0 Å². The van der Waals surface area contributed by atoms with Gasteiger partial charge in [-0.15, -0.1) is 0 Å². The number of guanidine groups is 1. The van der Waals surface area contributed by atoms with Gasteiger partial charge >= 0.3 is 0 Å². The number of nitrogens with zero attached hydrogens (tertiary/aromatic N) is 2. The van der Waals surface area contributed by atoms with Crippen LogP contribution < -0.4 is 33.2 Å². The minimum atomic E-state index is -0.956. The molecule has 0 aromatic heterocycles. The summed E-state index contributed by atoms with van der Waals surface area (Å²) in [6.45, 7) is 3.45. The van der Waals surface area contributed by atoms with Crippen molar-refractivity contribution in [1.82, 2.24) is 10.6 Å². The SMILES string of the molecule is CC(C)[C@@H](N)C(=O)NCC(=O)N[C@@H](CCCN=C(N)N)C(=O)Nc1ccc([N+](=O)[O-])cc1. The molecule has 1 rings (SSSR count). The number of nitro benzene ring substituents is 1. The molecular weight excluding hydrogens is 420 g/mol. The Bertz CT molecular complexity index is 837. The Labute approximate surface area is 185 Å². The molecule has 1 aromatic carbocycles. The maximum Gasteiger partial charge on any atom is 0.269 e. The Morgan fingerprint density at radius 3 is 2.28 bits per heavy atom. The van der Waals surface area contributed by atoms with E-state index in [9.17, 15) is 24.5 Å².